The Morgan fingerprint density at radius 3 is 2.72 bits per heavy atom. The highest BCUT2D eigenvalue weighted by atomic mass is 32.1. The number of amides is 1. The average molecular weight is 271 g/mol. The number of rotatable bonds is 7. The van der Waals surface area contributed by atoms with Gasteiger partial charge in [0.15, 0.2) is 6.04 Å². The topological polar surface area (TPSA) is 86.6 Å². The number of hydrogen-bond donors (Lipinski definition) is 3. The zero-order valence-electron chi connectivity index (χ0n) is 10.1. The summed E-state index contributed by atoms with van der Waals surface area (Å²) >= 11 is 1.63. The molecule has 2 atom stereocenters. The van der Waals surface area contributed by atoms with Crippen molar-refractivity contribution in [2.45, 2.75) is 38.3 Å². The number of aliphatic carboxylic acids is 1. The number of carboxylic acids is 1. The number of carboxylic acid groups (broad SMARTS) is 1. The normalized spacial score (nSPS) is 13.9. The predicted octanol–water partition coefficient (Wildman–Crippen LogP) is 1.02. The molecule has 18 heavy (non-hydrogen) atoms. The van der Waals surface area contributed by atoms with Crippen molar-refractivity contribution in [3.05, 3.63) is 22.4 Å². The van der Waals surface area contributed by atoms with Gasteiger partial charge in [-0.2, -0.15) is 0 Å². The summed E-state index contributed by atoms with van der Waals surface area (Å²) in [6, 6.07) is 2.71. The zero-order chi connectivity index (χ0) is 13.5. The largest absolute Gasteiger partial charge is 0.480 e. The van der Waals surface area contributed by atoms with Crippen LogP contribution < -0.4 is 5.32 Å². The molecule has 0 aliphatic carbocycles. The van der Waals surface area contributed by atoms with E-state index in [9.17, 15) is 14.7 Å². The van der Waals surface area contributed by atoms with E-state index in [0.717, 1.165) is 6.42 Å². The first-order chi connectivity index (χ1) is 8.50. The molecule has 3 N–H and O–H groups in total. The van der Waals surface area contributed by atoms with Crippen LogP contribution in [0.2, 0.25) is 0 Å². The van der Waals surface area contributed by atoms with Gasteiger partial charge in [0.05, 0.1) is 6.10 Å². The Morgan fingerprint density at radius 1 is 1.50 bits per heavy atom. The molecule has 1 heterocycles. The Bertz CT molecular complexity index is 389. The van der Waals surface area contributed by atoms with Gasteiger partial charge in [-0.05, 0) is 31.2 Å². The number of hydrogen-bond acceptors (Lipinski definition) is 4. The van der Waals surface area contributed by atoms with Crippen LogP contribution in [-0.2, 0) is 16.0 Å². The van der Waals surface area contributed by atoms with Gasteiger partial charge in [-0.25, -0.2) is 4.79 Å². The van der Waals surface area contributed by atoms with Crippen LogP contribution in [0.1, 0.15) is 24.6 Å². The van der Waals surface area contributed by atoms with E-state index in [2.05, 4.69) is 5.32 Å². The van der Waals surface area contributed by atoms with Gasteiger partial charge >= 0.3 is 5.97 Å². The molecule has 100 valence electrons. The molecule has 0 spiro atoms. The molecule has 0 saturated carbocycles. The number of aliphatic hydroxyl groups is 1. The molecule has 0 bridgehead atoms. The lowest BCUT2D eigenvalue weighted by molar-refractivity contribution is -0.144. The van der Waals surface area contributed by atoms with E-state index in [1.807, 2.05) is 17.5 Å². The van der Waals surface area contributed by atoms with Crippen molar-refractivity contribution < 1.29 is 19.8 Å². The van der Waals surface area contributed by atoms with Crippen LogP contribution in [0.3, 0.4) is 0 Å². The molecule has 1 amide bonds. The van der Waals surface area contributed by atoms with Crippen LogP contribution in [0.15, 0.2) is 17.5 Å². The second kappa shape index (κ2) is 7.13. The Labute approximate surface area is 109 Å². The van der Waals surface area contributed by atoms with Crippen molar-refractivity contribution in [2.24, 2.45) is 0 Å². The quantitative estimate of drug-likeness (QED) is 0.691. The molecule has 1 aromatic rings. The fraction of sp³-hybridized carbons (Fsp3) is 0.500. The van der Waals surface area contributed by atoms with E-state index in [0.29, 0.717) is 6.42 Å². The maximum absolute atomic E-state index is 11.5. The Kier molecular flexibility index (Phi) is 5.80. The van der Waals surface area contributed by atoms with Gasteiger partial charge in [0, 0.05) is 11.3 Å². The highest BCUT2D eigenvalue weighted by Crippen LogP contribution is 2.11. The van der Waals surface area contributed by atoms with Gasteiger partial charge in [0.2, 0.25) is 5.91 Å². The van der Waals surface area contributed by atoms with Gasteiger partial charge in [0.1, 0.15) is 0 Å². The molecule has 5 nitrogen and oxygen atoms in total. The van der Waals surface area contributed by atoms with Crippen molar-refractivity contribution in [3.63, 3.8) is 0 Å². The minimum atomic E-state index is -1.24. The van der Waals surface area contributed by atoms with Gasteiger partial charge in [-0.3, -0.25) is 4.79 Å². The molecule has 0 aliphatic heterocycles. The van der Waals surface area contributed by atoms with Crippen LogP contribution in [0.5, 0.6) is 0 Å². The third-order valence-corrected chi connectivity index (χ3v) is 3.41. The highest BCUT2D eigenvalue weighted by Gasteiger charge is 2.24. The van der Waals surface area contributed by atoms with Crippen LogP contribution in [0, 0.1) is 0 Å². The third kappa shape index (κ3) is 4.85. The Balaban J connectivity index is 2.30. The van der Waals surface area contributed by atoms with E-state index in [1.165, 1.54) is 11.8 Å². The Morgan fingerprint density at radius 2 is 2.22 bits per heavy atom. The SMILES string of the molecule is CC(O)C(NC(=O)CCCc1cccs1)C(=O)O. The smallest absolute Gasteiger partial charge is 0.328 e. The second-order valence-electron chi connectivity index (χ2n) is 4.06. The number of aryl methyl sites for hydroxylation is 1. The number of carbonyl (C=O) groups excluding carboxylic acids is 1. The molecule has 1 rings (SSSR count). The maximum Gasteiger partial charge on any atom is 0.328 e. The lowest BCUT2D eigenvalue weighted by atomic mass is 10.1. The summed E-state index contributed by atoms with van der Waals surface area (Å²) in [4.78, 5) is 23.5. The maximum atomic E-state index is 11.5. The molecule has 1 aromatic heterocycles. The molecular formula is C12H17NO4S. The van der Waals surface area contributed by atoms with Crippen LogP contribution in [-0.4, -0.2) is 34.2 Å². The first-order valence-electron chi connectivity index (χ1n) is 5.73. The molecule has 0 radical (unpaired) electrons. The summed E-state index contributed by atoms with van der Waals surface area (Å²) in [5.74, 6) is -1.57. The number of aliphatic hydroxyl groups excluding tert-OH is 1. The van der Waals surface area contributed by atoms with Gasteiger partial charge in [0.25, 0.3) is 0 Å². The highest BCUT2D eigenvalue weighted by molar-refractivity contribution is 7.09. The van der Waals surface area contributed by atoms with E-state index in [4.69, 9.17) is 5.11 Å². The summed E-state index contributed by atoms with van der Waals surface area (Å²) in [6.45, 7) is 1.34. The van der Waals surface area contributed by atoms with Gasteiger partial charge in [-0.15, -0.1) is 11.3 Å². The molecule has 0 saturated heterocycles. The van der Waals surface area contributed by atoms with Crippen molar-refractivity contribution in [1.29, 1.82) is 0 Å². The summed E-state index contributed by atoms with van der Waals surface area (Å²) in [5, 5.41) is 22.3. The van der Waals surface area contributed by atoms with Crippen LogP contribution in [0.25, 0.3) is 0 Å². The summed E-state index contributed by atoms with van der Waals surface area (Å²) < 4.78 is 0. The second-order valence-corrected chi connectivity index (χ2v) is 5.09. The minimum Gasteiger partial charge on any atom is -0.480 e. The molecular weight excluding hydrogens is 254 g/mol. The fourth-order valence-electron chi connectivity index (χ4n) is 1.51. The zero-order valence-corrected chi connectivity index (χ0v) is 10.9. The van der Waals surface area contributed by atoms with Crippen molar-refractivity contribution in [3.8, 4) is 0 Å². The van der Waals surface area contributed by atoms with Gasteiger partial charge in [-0.1, -0.05) is 6.07 Å². The lowest BCUT2D eigenvalue weighted by Crippen LogP contribution is -2.47. The fourth-order valence-corrected chi connectivity index (χ4v) is 2.26. The minimum absolute atomic E-state index is 0.258. The summed E-state index contributed by atoms with van der Waals surface area (Å²) in [7, 11) is 0. The molecule has 0 aliphatic rings. The molecule has 0 fully saturated rings. The molecule has 2 unspecified atom stereocenters. The first-order valence-corrected chi connectivity index (χ1v) is 6.61. The average Bonchev–Trinajstić information content (AvgIpc) is 2.78. The van der Waals surface area contributed by atoms with E-state index < -0.39 is 18.1 Å². The van der Waals surface area contributed by atoms with Crippen LogP contribution in [0.4, 0.5) is 0 Å². The van der Waals surface area contributed by atoms with Crippen molar-refractivity contribution in [1.82, 2.24) is 5.32 Å². The molecule has 6 heteroatoms. The van der Waals surface area contributed by atoms with E-state index in [-0.39, 0.29) is 12.3 Å². The lowest BCUT2D eigenvalue weighted by Gasteiger charge is -2.16. The number of thiophene rings is 1. The summed E-state index contributed by atoms with van der Waals surface area (Å²) in [5.41, 5.74) is 0. The van der Waals surface area contributed by atoms with E-state index in [1.54, 1.807) is 11.3 Å². The summed E-state index contributed by atoms with van der Waals surface area (Å²) in [6.07, 6.45) is 0.619. The van der Waals surface area contributed by atoms with Gasteiger partial charge < -0.3 is 15.5 Å². The predicted molar refractivity (Wildman–Crippen MR) is 68.5 cm³/mol. The van der Waals surface area contributed by atoms with Crippen molar-refractivity contribution in [2.75, 3.05) is 0 Å². The molecule has 0 aromatic carbocycles. The van der Waals surface area contributed by atoms with Crippen molar-refractivity contribution >= 4 is 23.2 Å². The standard InChI is InChI=1S/C12H17NO4S/c1-8(14)11(12(16)17)13-10(15)6-2-4-9-5-3-7-18-9/h3,5,7-8,11,14H,2,4,6H2,1H3,(H,13,15)(H,16,17). The third-order valence-electron chi connectivity index (χ3n) is 2.47. The Hall–Kier alpha value is -1.40. The van der Waals surface area contributed by atoms with Crippen LogP contribution >= 0.6 is 11.3 Å². The number of nitrogens with one attached hydrogen (secondary N) is 1. The first kappa shape index (κ1) is 14.7. The monoisotopic (exact) mass is 271 g/mol. The number of carbonyl (C=O) groups is 2. The van der Waals surface area contributed by atoms with E-state index >= 15 is 0 Å².